The van der Waals surface area contributed by atoms with Crippen molar-refractivity contribution in [3.63, 3.8) is 0 Å². The Hall–Kier alpha value is -1.56. The van der Waals surface area contributed by atoms with Gasteiger partial charge >= 0.3 is 0 Å². The van der Waals surface area contributed by atoms with Crippen LogP contribution in [0.4, 0.5) is 0 Å². The van der Waals surface area contributed by atoms with Gasteiger partial charge in [-0.05, 0) is 23.8 Å². The summed E-state index contributed by atoms with van der Waals surface area (Å²) in [6, 6.07) is 11.6. The zero-order valence-corrected chi connectivity index (χ0v) is 11.7. The van der Waals surface area contributed by atoms with Crippen molar-refractivity contribution in [2.45, 2.75) is 4.90 Å². The Labute approximate surface area is 116 Å². The second kappa shape index (κ2) is 5.21. The Kier molecular flexibility index (Phi) is 3.80. The molecule has 0 saturated heterocycles. The molecule has 6 heteroatoms. The highest BCUT2D eigenvalue weighted by Crippen LogP contribution is 2.35. The second-order valence-electron chi connectivity index (χ2n) is 3.89. The van der Waals surface area contributed by atoms with Gasteiger partial charge in [-0.3, -0.25) is 0 Å². The van der Waals surface area contributed by atoms with Crippen molar-refractivity contribution in [1.29, 1.82) is 0 Å². The van der Waals surface area contributed by atoms with E-state index < -0.39 is 10.0 Å². The Morgan fingerprint density at radius 3 is 2.26 bits per heavy atom. The normalized spacial score (nSPS) is 11.3. The van der Waals surface area contributed by atoms with E-state index in [2.05, 4.69) is 0 Å². The van der Waals surface area contributed by atoms with Gasteiger partial charge in [0, 0.05) is 5.56 Å². The molecule has 0 aromatic heterocycles. The van der Waals surface area contributed by atoms with Crippen molar-refractivity contribution >= 4 is 21.6 Å². The largest absolute Gasteiger partial charge is 0.495 e. The average Bonchev–Trinajstić information content (AvgIpc) is 2.38. The number of halogens is 1. The van der Waals surface area contributed by atoms with E-state index in [1.165, 1.54) is 19.2 Å². The van der Waals surface area contributed by atoms with E-state index in [9.17, 15) is 8.42 Å². The summed E-state index contributed by atoms with van der Waals surface area (Å²) in [7, 11) is -2.15. The highest BCUT2D eigenvalue weighted by Gasteiger charge is 2.11. The van der Waals surface area contributed by atoms with Crippen molar-refractivity contribution in [2.24, 2.45) is 5.14 Å². The number of methoxy groups -OCH3 is 1. The van der Waals surface area contributed by atoms with Crippen LogP contribution in [0.1, 0.15) is 0 Å². The summed E-state index contributed by atoms with van der Waals surface area (Å²) in [6.45, 7) is 0. The molecule has 2 rings (SSSR count). The molecule has 2 N–H and O–H groups in total. The zero-order chi connectivity index (χ0) is 14.0. The lowest BCUT2D eigenvalue weighted by molar-refractivity contribution is 0.415. The second-order valence-corrected chi connectivity index (χ2v) is 5.83. The number of hydrogen-bond donors (Lipinski definition) is 1. The Morgan fingerprint density at radius 1 is 1.11 bits per heavy atom. The number of sulfonamides is 1. The minimum atomic E-state index is -3.68. The molecule has 0 bridgehead atoms. The van der Waals surface area contributed by atoms with Gasteiger partial charge in [0.25, 0.3) is 0 Å². The predicted octanol–water partition coefficient (Wildman–Crippen LogP) is 2.66. The molecule has 2 aromatic carbocycles. The number of hydrogen-bond acceptors (Lipinski definition) is 3. The first kappa shape index (κ1) is 13.9. The summed E-state index contributed by atoms with van der Waals surface area (Å²) in [5.41, 5.74) is 1.55. The van der Waals surface area contributed by atoms with Crippen LogP contribution in [0.5, 0.6) is 5.75 Å². The highest BCUT2D eigenvalue weighted by atomic mass is 35.5. The lowest BCUT2D eigenvalue weighted by atomic mass is 10.1. The third-order valence-electron chi connectivity index (χ3n) is 2.68. The van der Waals surface area contributed by atoms with Crippen LogP contribution in [0.25, 0.3) is 11.1 Å². The summed E-state index contributed by atoms with van der Waals surface area (Å²) >= 11 is 6.21. The number of primary sulfonamides is 1. The van der Waals surface area contributed by atoms with Gasteiger partial charge in [0.05, 0.1) is 17.0 Å². The zero-order valence-electron chi connectivity index (χ0n) is 10.1. The van der Waals surface area contributed by atoms with Crippen molar-refractivity contribution < 1.29 is 13.2 Å². The minimum Gasteiger partial charge on any atom is -0.495 e. The molecule has 100 valence electrons. The van der Waals surface area contributed by atoms with Gasteiger partial charge in [0.1, 0.15) is 5.75 Å². The molecular formula is C13H12ClNO3S. The summed E-state index contributed by atoms with van der Waals surface area (Å²) in [5, 5.41) is 5.53. The van der Waals surface area contributed by atoms with Gasteiger partial charge in [0.15, 0.2) is 0 Å². The van der Waals surface area contributed by atoms with Gasteiger partial charge in [-0.25, -0.2) is 13.6 Å². The molecule has 0 aliphatic carbocycles. The molecule has 0 fully saturated rings. The average molecular weight is 298 g/mol. The molecule has 0 spiro atoms. The fraction of sp³-hybridized carbons (Fsp3) is 0.0769. The van der Waals surface area contributed by atoms with E-state index in [0.29, 0.717) is 10.8 Å². The maximum atomic E-state index is 11.2. The van der Waals surface area contributed by atoms with Crippen molar-refractivity contribution in [3.05, 3.63) is 47.5 Å². The number of benzene rings is 2. The van der Waals surface area contributed by atoms with Gasteiger partial charge in [0.2, 0.25) is 10.0 Å². The van der Waals surface area contributed by atoms with Crippen molar-refractivity contribution in [3.8, 4) is 16.9 Å². The quantitative estimate of drug-likeness (QED) is 0.947. The summed E-state index contributed by atoms with van der Waals surface area (Å²) in [6.07, 6.45) is 0. The van der Waals surface area contributed by atoms with Crippen LogP contribution < -0.4 is 9.88 Å². The molecule has 0 radical (unpaired) electrons. The van der Waals surface area contributed by atoms with Gasteiger partial charge in [-0.2, -0.15) is 0 Å². The maximum absolute atomic E-state index is 11.2. The lowest BCUT2D eigenvalue weighted by Gasteiger charge is -2.09. The molecule has 0 aliphatic heterocycles. The van der Waals surface area contributed by atoms with E-state index in [1.807, 2.05) is 12.1 Å². The van der Waals surface area contributed by atoms with E-state index in [0.717, 1.165) is 11.1 Å². The Morgan fingerprint density at radius 2 is 1.74 bits per heavy atom. The molecule has 4 nitrogen and oxygen atoms in total. The first-order chi connectivity index (χ1) is 8.93. The van der Waals surface area contributed by atoms with Gasteiger partial charge in [-0.1, -0.05) is 35.9 Å². The standard InChI is InChI=1S/C13H12ClNO3S/c1-18-12-4-2-3-11(13(12)14)9-5-7-10(8-6-9)19(15,16)17/h2-8H,1H3,(H2,15,16,17). The molecule has 19 heavy (non-hydrogen) atoms. The molecule has 0 amide bonds. The fourth-order valence-electron chi connectivity index (χ4n) is 1.72. The van der Waals surface area contributed by atoms with Crippen LogP contribution >= 0.6 is 11.6 Å². The predicted molar refractivity (Wildman–Crippen MR) is 74.8 cm³/mol. The molecule has 0 heterocycles. The molecule has 2 aromatic rings. The van der Waals surface area contributed by atoms with Crippen molar-refractivity contribution in [2.75, 3.05) is 7.11 Å². The molecular weight excluding hydrogens is 286 g/mol. The number of ether oxygens (including phenoxy) is 1. The Bertz CT molecular complexity index is 696. The summed E-state index contributed by atoms with van der Waals surface area (Å²) < 4.78 is 27.5. The first-order valence-corrected chi connectivity index (χ1v) is 7.31. The number of nitrogens with two attached hydrogens (primary N) is 1. The van der Waals surface area contributed by atoms with Gasteiger partial charge in [-0.15, -0.1) is 0 Å². The monoisotopic (exact) mass is 297 g/mol. The third kappa shape index (κ3) is 2.89. The van der Waals surface area contributed by atoms with E-state index in [1.54, 1.807) is 18.2 Å². The van der Waals surface area contributed by atoms with Crippen LogP contribution in [0.2, 0.25) is 5.02 Å². The maximum Gasteiger partial charge on any atom is 0.238 e. The molecule has 0 saturated carbocycles. The smallest absolute Gasteiger partial charge is 0.238 e. The Balaban J connectivity index is 2.49. The van der Waals surface area contributed by atoms with Crippen LogP contribution in [0, 0.1) is 0 Å². The van der Waals surface area contributed by atoms with Crippen molar-refractivity contribution in [1.82, 2.24) is 0 Å². The summed E-state index contributed by atoms with van der Waals surface area (Å²) in [5.74, 6) is 0.565. The van der Waals surface area contributed by atoms with Crippen LogP contribution in [-0.2, 0) is 10.0 Å². The summed E-state index contributed by atoms with van der Waals surface area (Å²) in [4.78, 5) is 0.0651. The minimum absolute atomic E-state index is 0.0651. The molecule has 0 unspecified atom stereocenters. The van der Waals surface area contributed by atoms with Gasteiger partial charge < -0.3 is 4.74 Å². The molecule has 0 atom stereocenters. The van der Waals surface area contributed by atoms with Crippen LogP contribution in [0.15, 0.2) is 47.4 Å². The lowest BCUT2D eigenvalue weighted by Crippen LogP contribution is -2.11. The van der Waals surface area contributed by atoms with Crippen LogP contribution in [0.3, 0.4) is 0 Å². The molecule has 0 aliphatic rings. The topological polar surface area (TPSA) is 69.4 Å². The third-order valence-corrected chi connectivity index (χ3v) is 4.00. The first-order valence-electron chi connectivity index (χ1n) is 5.39. The SMILES string of the molecule is COc1cccc(-c2ccc(S(N)(=O)=O)cc2)c1Cl. The van der Waals surface area contributed by atoms with E-state index in [4.69, 9.17) is 21.5 Å². The van der Waals surface area contributed by atoms with E-state index in [-0.39, 0.29) is 4.90 Å². The number of rotatable bonds is 3. The van der Waals surface area contributed by atoms with E-state index >= 15 is 0 Å². The highest BCUT2D eigenvalue weighted by molar-refractivity contribution is 7.89. The van der Waals surface area contributed by atoms with Crippen LogP contribution in [-0.4, -0.2) is 15.5 Å². The fourth-order valence-corrected chi connectivity index (χ4v) is 2.54.